The number of benzene rings is 1. The van der Waals surface area contributed by atoms with E-state index in [2.05, 4.69) is 5.32 Å². The maximum absolute atomic E-state index is 11.7. The molecule has 86 valence electrons. The van der Waals surface area contributed by atoms with E-state index in [0.717, 1.165) is 0 Å². The first-order valence-corrected chi connectivity index (χ1v) is 6.41. The van der Waals surface area contributed by atoms with Crippen LogP contribution in [0.3, 0.4) is 0 Å². The second-order valence-corrected chi connectivity index (χ2v) is 5.59. The number of carbonyl (C=O) groups is 1. The quantitative estimate of drug-likeness (QED) is 0.789. The zero-order chi connectivity index (χ0) is 11.8. The number of rotatable bonds is 1. The summed E-state index contributed by atoms with van der Waals surface area (Å²) in [4.78, 5) is 11.0. The molecular formula is C10H11NO4S. The molecule has 5 nitrogen and oxygen atoms in total. The minimum Gasteiger partial charge on any atom is -0.491 e. The van der Waals surface area contributed by atoms with Crippen molar-refractivity contribution >= 4 is 21.4 Å². The molecule has 0 bridgehead atoms. The first-order valence-electron chi connectivity index (χ1n) is 4.76. The molecule has 0 saturated heterocycles. The van der Waals surface area contributed by atoms with Gasteiger partial charge in [-0.15, -0.1) is 0 Å². The number of fused-ring (bicyclic) bond motifs is 1. The van der Waals surface area contributed by atoms with Crippen molar-refractivity contribution in [3.63, 3.8) is 0 Å². The van der Waals surface area contributed by atoms with Crippen LogP contribution >= 0.6 is 0 Å². The van der Waals surface area contributed by atoms with Crippen molar-refractivity contribution < 1.29 is 17.9 Å². The van der Waals surface area contributed by atoms with E-state index in [1.807, 2.05) is 0 Å². The van der Waals surface area contributed by atoms with Gasteiger partial charge in [0.1, 0.15) is 17.3 Å². The van der Waals surface area contributed by atoms with Gasteiger partial charge >= 0.3 is 0 Å². The molecule has 0 unspecified atom stereocenters. The van der Waals surface area contributed by atoms with Crippen molar-refractivity contribution in [1.82, 2.24) is 0 Å². The van der Waals surface area contributed by atoms with E-state index in [9.17, 15) is 13.2 Å². The van der Waals surface area contributed by atoms with Crippen LogP contribution in [-0.2, 0) is 14.6 Å². The van der Waals surface area contributed by atoms with Crippen LogP contribution in [0.4, 0.5) is 5.69 Å². The molecule has 0 fully saturated rings. The Labute approximate surface area is 93.3 Å². The molecule has 0 saturated carbocycles. The van der Waals surface area contributed by atoms with Crippen LogP contribution in [0.2, 0.25) is 0 Å². The minimum atomic E-state index is -3.28. The Bertz CT molecular complexity index is 536. The van der Waals surface area contributed by atoms with E-state index in [0.29, 0.717) is 11.4 Å². The third-order valence-corrected chi connectivity index (χ3v) is 3.90. The van der Waals surface area contributed by atoms with E-state index in [1.54, 1.807) is 12.1 Å². The van der Waals surface area contributed by atoms with Crippen LogP contribution in [0.5, 0.6) is 5.75 Å². The highest BCUT2D eigenvalue weighted by atomic mass is 32.2. The first-order chi connectivity index (χ1) is 7.49. The summed E-state index contributed by atoms with van der Waals surface area (Å²) in [6, 6.07) is 4.59. The van der Waals surface area contributed by atoms with Gasteiger partial charge in [-0.25, -0.2) is 8.42 Å². The van der Waals surface area contributed by atoms with Crippen molar-refractivity contribution in [1.29, 1.82) is 0 Å². The van der Waals surface area contributed by atoms with Gasteiger partial charge in [-0.3, -0.25) is 4.79 Å². The average molecular weight is 241 g/mol. The molecule has 1 amide bonds. The number of amides is 1. The topological polar surface area (TPSA) is 72.5 Å². The van der Waals surface area contributed by atoms with Crippen molar-refractivity contribution in [2.45, 2.75) is 11.8 Å². The van der Waals surface area contributed by atoms with Crippen LogP contribution in [0.1, 0.15) is 6.92 Å². The molecule has 16 heavy (non-hydrogen) atoms. The van der Waals surface area contributed by atoms with Crippen LogP contribution in [0.15, 0.2) is 23.1 Å². The normalized spacial score (nSPS) is 17.1. The molecule has 0 atom stereocenters. The van der Waals surface area contributed by atoms with E-state index in [1.165, 1.54) is 13.0 Å². The summed E-state index contributed by atoms with van der Waals surface area (Å²) >= 11 is 0. The number of nitrogens with one attached hydrogen (secondary N) is 1. The van der Waals surface area contributed by atoms with E-state index >= 15 is 0 Å². The lowest BCUT2D eigenvalue weighted by molar-refractivity contribution is -0.114. The smallest absolute Gasteiger partial charge is 0.221 e. The van der Waals surface area contributed by atoms with Crippen LogP contribution in [0.25, 0.3) is 0 Å². The van der Waals surface area contributed by atoms with Gasteiger partial charge in [0.05, 0.1) is 5.75 Å². The van der Waals surface area contributed by atoms with Crippen molar-refractivity contribution in [2.75, 3.05) is 17.7 Å². The second kappa shape index (κ2) is 3.79. The molecule has 1 aliphatic rings. The molecule has 0 aliphatic carbocycles. The summed E-state index contributed by atoms with van der Waals surface area (Å²) in [5.74, 6) is 0.0817. The number of sulfone groups is 1. The summed E-state index contributed by atoms with van der Waals surface area (Å²) in [5.41, 5.74) is 0.459. The second-order valence-electron chi connectivity index (χ2n) is 3.51. The molecular weight excluding hydrogens is 230 g/mol. The highest BCUT2D eigenvalue weighted by molar-refractivity contribution is 7.91. The van der Waals surface area contributed by atoms with Gasteiger partial charge in [0.25, 0.3) is 0 Å². The third-order valence-electron chi connectivity index (χ3n) is 2.21. The molecule has 0 aromatic heterocycles. The van der Waals surface area contributed by atoms with Crippen molar-refractivity contribution in [3.05, 3.63) is 18.2 Å². The fourth-order valence-corrected chi connectivity index (χ4v) is 2.79. The standard InChI is InChI=1S/C10H11NO4S/c1-7(12)11-8-2-3-9-10(6-8)16(13,14)5-4-15-9/h2-3,6H,4-5H2,1H3,(H,11,12). The molecule has 0 spiro atoms. The van der Waals surface area contributed by atoms with Crippen LogP contribution < -0.4 is 10.1 Å². The highest BCUT2D eigenvalue weighted by Gasteiger charge is 2.25. The largest absolute Gasteiger partial charge is 0.491 e. The Kier molecular flexibility index (Phi) is 2.59. The summed E-state index contributed by atoms with van der Waals surface area (Å²) < 4.78 is 28.7. The molecule has 1 heterocycles. The van der Waals surface area contributed by atoms with Gasteiger partial charge in [0, 0.05) is 12.6 Å². The molecule has 1 N–H and O–H groups in total. The van der Waals surface area contributed by atoms with Crippen LogP contribution in [-0.4, -0.2) is 26.7 Å². The van der Waals surface area contributed by atoms with Gasteiger partial charge in [0.15, 0.2) is 9.84 Å². The fourth-order valence-electron chi connectivity index (χ4n) is 1.52. The summed E-state index contributed by atoms with van der Waals surface area (Å²) in [6.07, 6.45) is 0. The molecule has 1 aromatic rings. The predicted octanol–water partition coefficient (Wildman–Crippen LogP) is 0.811. The Morgan fingerprint density at radius 3 is 2.88 bits per heavy atom. The number of ether oxygens (including phenoxy) is 1. The summed E-state index contributed by atoms with van der Waals surface area (Å²) in [5, 5.41) is 2.53. The molecule has 1 aromatic carbocycles. The van der Waals surface area contributed by atoms with Crippen molar-refractivity contribution in [2.24, 2.45) is 0 Å². The lowest BCUT2D eigenvalue weighted by Crippen LogP contribution is -2.21. The maximum Gasteiger partial charge on any atom is 0.221 e. The number of hydrogen-bond donors (Lipinski definition) is 1. The molecule has 0 radical (unpaired) electrons. The van der Waals surface area contributed by atoms with Gasteiger partial charge in [-0.2, -0.15) is 0 Å². The number of hydrogen-bond acceptors (Lipinski definition) is 4. The SMILES string of the molecule is CC(=O)Nc1ccc2c(c1)S(=O)(=O)CCO2. The average Bonchev–Trinajstić information content (AvgIpc) is 2.18. The summed E-state index contributed by atoms with van der Waals surface area (Å²) in [6.45, 7) is 1.54. The minimum absolute atomic E-state index is 0.0243. The van der Waals surface area contributed by atoms with Crippen LogP contribution in [0, 0.1) is 0 Å². The lowest BCUT2D eigenvalue weighted by atomic mass is 10.3. The predicted molar refractivity (Wildman–Crippen MR) is 58.3 cm³/mol. The van der Waals surface area contributed by atoms with Gasteiger partial charge in [-0.05, 0) is 18.2 Å². The van der Waals surface area contributed by atoms with Gasteiger partial charge in [0.2, 0.25) is 5.91 Å². The monoisotopic (exact) mass is 241 g/mol. The number of anilines is 1. The third kappa shape index (κ3) is 2.01. The van der Waals surface area contributed by atoms with Gasteiger partial charge in [-0.1, -0.05) is 0 Å². The Morgan fingerprint density at radius 1 is 1.44 bits per heavy atom. The highest BCUT2D eigenvalue weighted by Crippen LogP contribution is 2.31. The fraction of sp³-hybridized carbons (Fsp3) is 0.300. The Balaban J connectivity index is 2.47. The molecule has 1 aliphatic heterocycles. The van der Waals surface area contributed by atoms with Gasteiger partial charge < -0.3 is 10.1 Å². The maximum atomic E-state index is 11.7. The Hall–Kier alpha value is -1.56. The van der Waals surface area contributed by atoms with E-state index < -0.39 is 9.84 Å². The first kappa shape index (κ1) is 10.9. The summed E-state index contributed by atoms with van der Waals surface area (Å²) in [7, 11) is -3.28. The molecule has 2 rings (SSSR count). The molecule has 6 heteroatoms. The van der Waals surface area contributed by atoms with Crippen molar-refractivity contribution in [3.8, 4) is 5.75 Å². The van der Waals surface area contributed by atoms with E-state index in [-0.39, 0.29) is 23.2 Å². The Morgan fingerprint density at radius 2 is 2.19 bits per heavy atom. The lowest BCUT2D eigenvalue weighted by Gasteiger charge is -2.18. The zero-order valence-electron chi connectivity index (χ0n) is 8.69. The number of carbonyl (C=O) groups excluding carboxylic acids is 1. The van der Waals surface area contributed by atoms with E-state index in [4.69, 9.17) is 4.74 Å². The zero-order valence-corrected chi connectivity index (χ0v) is 9.50.